The number of nitrogens with zero attached hydrogens (tertiary/aromatic N) is 6. The van der Waals surface area contributed by atoms with Gasteiger partial charge in [0.05, 0.1) is 35.7 Å². The average molecular weight is 567 g/mol. The lowest BCUT2D eigenvalue weighted by molar-refractivity contribution is 0.122. The minimum absolute atomic E-state index is 0.172. The van der Waals surface area contributed by atoms with E-state index in [2.05, 4.69) is 29.5 Å². The molecule has 0 amide bonds. The van der Waals surface area contributed by atoms with E-state index in [1.807, 2.05) is 6.07 Å². The van der Waals surface area contributed by atoms with E-state index in [0.29, 0.717) is 36.1 Å². The second-order valence-corrected chi connectivity index (χ2v) is 12.5. The van der Waals surface area contributed by atoms with Crippen molar-refractivity contribution in [3.63, 3.8) is 0 Å². The number of pyridine rings is 1. The van der Waals surface area contributed by atoms with Gasteiger partial charge in [0.1, 0.15) is 21.7 Å². The zero-order chi connectivity index (χ0) is 26.8. The number of morpholine rings is 1. The molecule has 0 radical (unpaired) electrons. The molecular formula is C26H30N8O3S2. The molecule has 4 aromatic rings. The molecule has 5 heterocycles. The normalized spacial score (nSPS) is 18.9. The summed E-state index contributed by atoms with van der Waals surface area (Å²) in [5.41, 5.74) is 8.79. The molecule has 2 aliphatic heterocycles. The smallest absolute Gasteiger partial charge is 0.261 e. The Bertz CT molecular complexity index is 1560. The summed E-state index contributed by atoms with van der Waals surface area (Å²) in [5.74, 6) is 0.792. The number of rotatable bonds is 7. The molecule has 204 valence electrons. The first-order chi connectivity index (χ1) is 18.9. The molecule has 0 unspecified atom stereocenters. The van der Waals surface area contributed by atoms with Gasteiger partial charge in [0.2, 0.25) is 0 Å². The third kappa shape index (κ3) is 5.87. The second kappa shape index (κ2) is 11.1. The Morgan fingerprint density at radius 2 is 1.97 bits per heavy atom. The molecule has 0 spiro atoms. The number of benzene rings is 1. The van der Waals surface area contributed by atoms with Gasteiger partial charge in [-0.05, 0) is 49.2 Å². The summed E-state index contributed by atoms with van der Waals surface area (Å²) in [7, 11) is -3.78. The fourth-order valence-corrected chi connectivity index (χ4v) is 6.95. The molecule has 0 bridgehead atoms. The zero-order valence-corrected chi connectivity index (χ0v) is 23.0. The SMILES string of the molecule is N[C@@H]1CCCN(Cc2cccc(S(=O)(=O)Nc3ccc(-c4nc5c(N6CCOCC6)ncnc5s4)nc3)c2)C1. The standard InChI is InChI=1S/C26H30N8O3S2/c27-19-4-2-8-33(16-19)15-18-3-1-5-21(13-18)39(35,36)32-20-6-7-22(28-14-20)25-31-23-24(29-17-30-26(23)38-25)34-9-11-37-12-10-34/h1,3,5-7,13-14,17,19,32H,2,4,8-12,15-16,27H2/t19-/m1/s1. The van der Waals surface area contributed by atoms with Crippen molar-refractivity contribution in [1.82, 2.24) is 24.8 Å². The molecule has 6 rings (SSSR count). The second-order valence-electron chi connectivity index (χ2n) is 9.79. The molecule has 0 aliphatic carbocycles. The average Bonchev–Trinajstić information content (AvgIpc) is 3.39. The van der Waals surface area contributed by atoms with Crippen LogP contribution in [0.5, 0.6) is 0 Å². The summed E-state index contributed by atoms with van der Waals surface area (Å²) < 4.78 is 34.4. The predicted molar refractivity (Wildman–Crippen MR) is 151 cm³/mol. The number of sulfonamides is 1. The third-order valence-corrected chi connectivity index (χ3v) is 9.24. The lowest BCUT2D eigenvalue weighted by atomic mass is 10.1. The largest absolute Gasteiger partial charge is 0.378 e. The van der Waals surface area contributed by atoms with Crippen LogP contribution in [-0.2, 0) is 21.3 Å². The molecule has 1 aromatic carbocycles. The molecular weight excluding hydrogens is 536 g/mol. The predicted octanol–water partition coefficient (Wildman–Crippen LogP) is 2.71. The van der Waals surface area contributed by atoms with E-state index >= 15 is 0 Å². The van der Waals surface area contributed by atoms with E-state index in [4.69, 9.17) is 15.5 Å². The van der Waals surface area contributed by atoms with E-state index in [9.17, 15) is 8.42 Å². The Balaban J connectivity index is 1.17. The van der Waals surface area contributed by atoms with Crippen molar-refractivity contribution < 1.29 is 13.2 Å². The maximum absolute atomic E-state index is 13.1. The Morgan fingerprint density at radius 3 is 2.77 bits per heavy atom. The van der Waals surface area contributed by atoms with Crippen molar-refractivity contribution in [3.05, 3.63) is 54.5 Å². The molecule has 3 aromatic heterocycles. The lowest BCUT2D eigenvalue weighted by Crippen LogP contribution is -2.42. The van der Waals surface area contributed by atoms with Crippen LogP contribution in [-0.4, -0.2) is 78.7 Å². The minimum Gasteiger partial charge on any atom is -0.378 e. The van der Waals surface area contributed by atoms with Crippen LogP contribution in [0.25, 0.3) is 21.0 Å². The first-order valence-corrected chi connectivity index (χ1v) is 15.2. The van der Waals surface area contributed by atoms with Crippen LogP contribution in [0.4, 0.5) is 11.5 Å². The maximum atomic E-state index is 13.1. The van der Waals surface area contributed by atoms with Crippen LogP contribution in [0.15, 0.2) is 53.8 Å². The van der Waals surface area contributed by atoms with Gasteiger partial charge in [-0.15, -0.1) is 0 Å². The van der Waals surface area contributed by atoms with E-state index in [1.54, 1.807) is 36.7 Å². The summed E-state index contributed by atoms with van der Waals surface area (Å²) in [6.07, 6.45) is 5.15. The number of nitrogens with one attached hydrogen (secondary N) is 1. The van der Waals surface area contributed by atoms with Gasteiger partial charge in [-0.25, -0.2) is 23.4 Å². The number of likely N-dealkylation sites (tertiary alicyclic amines) is 1. The monoisotopic (exact) mass is 566 g/mol. The number of ether oxygens (including phenoxy) is 1. The Morgan fingerprint density at radius 1 is 1.10 bits per heavy atom. The van der Waals surface area contributed by atoms with Gasteiger partial charge in [-0.3, -0.25) is 14.6 Å². The molecule has 39 heavy (non-hydrogen) atoms. The number of aromatic nitrogens is 4. The molecule has 13 heteroatoms. The molecule has 2 fully saturated rings. The van der Waals surface area contributed by atoms with Gasteiger partial charge in [0.25, 0.3) is 10.0 Å². The highest BCUT2D eigenvalue weighted by Crippen LogP contribution is 2.32. The Labute approximate surface area is 231 Å². The van der Waals surface area contributed by atoms with Gasteiger partial charge < -0.3 is 15.4 Å². The highest BCUT2D eigenvalue weighted by molar-refractivity contribution is 7.92. The van der Waals surface area contributed by atoms with Crippen molar-refractivity contribution in [2.24, 2.45) is 5.73 Å². The van der Waals surface area contributed by atoms with Crippen LogP contribution in [0, 0.1) is 0 Å². The third-order valence-electron chi connectivity index (χ3n) is 6.88. The van der Waals surface area contributed by atoms with E-state index in [0.717, 1.165) is 60.7 Å². The summed E-state index contributed by atoms with van der Waals surface area (Å²) >= 11 is 1.43. The first kappa shape index (κ1) is 26.0. The Kier molecular flexibility index (Phi) is 7.40. The first-order valence-electron chi connectivity index (χ1n) is 12.9. The van der Waals surface area contributed by atoms with Crippen molar-refractivity contribution in [2.45, 2.75) is 30.3 Å². The van der Waals surface area contributed by atoms with Gasteiger partial charge in [-0.1, -0.05) is 23.5 Å². The molecule has 2 aliphatic rings. The van der Waals surface area contributed by atoms with E-state index < -0.39 is 10.0 Å². The summed E-state index contributed by atoms with van der Waals surface area (Å²) in [5, 5.41) is 0.694. The van der Waals surface area contributed by atoms with Crippen LogP contribution in [0.3, 0.4) is 0 Å². The van der Waals surface area contributed by atoms with Crippen LogP contribution >= 0.6 is 11.3 Å². The number of hydrogen-bond acceptors (Lipinski definition) is 11. The number of piperidine rings is 1. The van der Waals surface area contributed by atoms with E-state index in [-0.39, 0.29) is 10.9 Å². The van der Waals surface area contributed by atoms with Crippen LogP contribution in [0.2, 0.25) is 0 Å². The quantitative estimate of drug-likeness (QED) is 0.343. The van der Waals surface area contributed by atoms with Crippen molar-refractivity contribution in [2.75, 3.05) is 49.0 Å². The minimum atomic E-state index is -3.78. The van der Waals surface area contributed by atoms with Gasteiger partial charge in [0.15, 0.2) is 5.82 Å². The topological polar surface area (TPSA) is 139 Å². The summed E-state index contributed by atoms with van der Waals surface area (Å²) in [6, 6.07) is 10.7. The molecule has 11 nitrogen and oxygen atoms in total. The van der Waals surface area contributed by atoms with Gasteiger partial charge in [0, 0.05) is 32.2 Å². The van der Waals surface area contributed by atoms with Gasteiger partial charge in [-0.2, -0.15) is 0 Å². The van der Waals surface area contributed by atoms with Crippen LogP contribution in [0.1, 0.15) is 18.4 Å². The molecule has 3 N–H and O–H groups in total. The zero-order valence-electron chi connectivity index (χ0n) is 21.4. The number of anilines is 2. The van der Waals surface area contributed by atoms with Crippen molar-refractivity contribution in [3.8, 4) is 10.7 Å². The number of hydrogen-bond donors (Lipinski definition) is 2. The maximum Gasteiger partial charge on any atom is 0.261 e. The number of nitrogens with two attached hydrogens (primary N) is 1. The van der Waals surface area contributed by atoms with Gasteiger partial charge >= 0.3 is 0 Å². The van der Waals surface area contributed by atoms with Crippen molar-refractivity contribution >= 4 is 43.2 Å². The van der Waals surface area contributed by atoms with Crippen molar-refractivity contribution in [1.29, 1.82) is 0 Å². The molecule has 2 saturated heterocycles. The summed E-state index contributed by atoms with van der Waals surface area (Å²) in [6.45, 7) is 5.27. The fraction of sp³-hybridized carbons (Fsp3) is 0.385. The highest BCUT2D eigenvalue weighted by atomic mass is 32.2. The number of thiazole rings is 1. The lowest BCUT2D eigenvalue weighted by Gasteiger charge is -2.30. The number of fused-ring (bicyclic) bond motifs is 1. The van der Waals surface area contributed by atoms with E-state index in [1.165, 1.54) is 17.5 Å². The van der Waals surface area contributed by atoms with Crippen LogP contribution < -0.4 is 15.4 Å². The fourth-order valence-electron chi connectivity index (χ4n) is 4.96. The molecule has 1 atom stereocenters. The summed E-state index contributed by atoms with van der Waals surface area (Å²) in [4.78, 5) is 23.5. The highest BCUT2D eigenvalue weighted by Gasteiger charge is 2.21. The Hall–Kier alpha value is -3.23. The molecule has 0 saturated carbocycles.